The normalized spacial score (nSPS) is 10.0. The van der Waals surface area contributed by atoms with Crippen molar-refractivity contribution in [1.82, 2.24) is 4.57 Å². The number of aromatic nitrogens is 1. The van der Waals surface area contributed by atoms with Crippen molar-refractivity contribution >= 4 is 17.6 Å². The van der Waals surface area contributed by atoms with Gasteiger partial charge in [-0.3, -0.25) is 4.79 Å². The number of aldehydes is 1. The molecule has 12 heavy (non-hydrogen) atoms. The van der Waals surface area contributed by atoms with Crippen molar-refractivity contribution in [3.63, 3.8) is 0 Å². The Morgan fingerprint density at radius 1 is 1.33 bits per heavy atom. The Bertz CT molecular complexity index is 375. The highest BCUT2D eigenvalue weighted by Crippen LogP contribution is 2.18. The molecular formula is C9H7NOS. The summed E-state index contributed by atoms with van der Waals surface area (Å²) in [6.45, 7) is 0. The smallest absolute Gasteiger partial charge is 0.162 e. The summed E-state index contributed by atoms with van der Waals surface area (Å²) in [5.41, 5.74) is 0.958. The van der Waals surface area contributed by atoms with Crippen molar-refractivity contribution in [1.29, 1.82) is 0 Å². The Kier molecular flexibility index (Phi) is 1.80. The first-order chi connectivity index (χ1) is 5.92. The lowest BCUT2D eigenvalue weighted by Gasteiger charge is -1.98. The van der Waals surface area contributed by atoms with Crippen LogP contribution in [-0.2, 0) is 0 Å². The lowest BCUT2D eigenvalue weighted by Crippen LogP contribution is -1.89. The molecule has 0 amide bonds. The van der Waals surface area contributed by atoms with Gasteiger partial charge in [-0.05, 0) is 23.6 Å². The van der Waals surface area contributed by atoms with E-state index < -0.39 is 0 Å². The number of thiophene rings is 1. The molecule has 0 radical (unpaired) electrons. The summed E-state index contributed by atoms with van der Waals surface area (Å²) in [5.74, 6) is 0. The summed E-state index contributed by atoms with van der Waals surface area (Å²) in [4.78, 5) is 11.4. The first-order valence-corrected chi connectivity index (χ1v) is 4.46. The Balaban J connectivity index is 2.53. The maximum absolute atomic E-state index is 10.6. The van der Waals surface area contributed by atoms with Gasteiger partial charge in [-0.2, -0.15) is 0 Å². The molecule has 0 fully saturated rings. The molecule has 0 aliphatic heterocycles. The Hall–Kier alpha value is -1.35. The predicted molar refractivity (Wildman–Crippen MR) is 49.0 cm³/mol. The molecule has 3 heteroatoms. The lowest BCUT2D eigenvalue weighted by molar-refractivity contribution is 0.112. The van der Waals surface area contributed by atoms with E-state index in [0.29, 0.717) is 0 Å². The van der Waals surface area contributed by atoms with Gasteiger partial charge in [0.05, 0.1) is 10.6 Å². The van der Waals surface area contributed by atoms with Gasteiger partial charge in [0.25, 0.3) is 0 Å². The van der Waals surface area contributed by atoms with Crippen LogP contribution in [0.1, 0.15) is 9.67 Å². The van der Waals surface area contributed by atoms with Crippen LogP contribution in [0.5, 0.6) is 0 Å². The standard InChI is InChI=1S/C9H7NOS/c11-7-9-8(3-6-12-9)10-4-1-2-5-10/h1-7H. The summed E-state index contributed by atoms with van der Waals surface area (Å²) in [5, 5.41) is 1.92. The molecule has 2 aromatic rings. The van der Waals surface area contributed by atoms with Gasteiger partial charge in [-0.25, -0.2) is 0 Å². The molecule has 2 heterocycles. The van der Waals surface area contributed by atoms with Gasteiger partial charge < -0.3 is 4.57 Å². The van der Waals surface area contributed by atoms with Gasteiger partial charge in [0.1, 0.15) is 0 Å². The molecule has 0 saturated carbocycles. The monoisotopic (exact) mass is 177 g/mol. The molecular weight excluding hydrogens is 170 g/mol. The highest BCUT2D eigenvalue weighted by atomic mass is 32.1. The number of hydrogen-bond donors (Lipinski definition) is 0. The molecule has 0 bridgehead atoms. The number of carbonyl (C=O) groups excluding carboxylic acids is 1. The highest BCUT2D eigenvalue weighted by molar-refractivity contribution is 7.12. The van der Waals surface area contributed by atoms with Crippen molar-refractivity contribution in [2.75, 3.05) is 0 Å². The third-order valence-corrected chi connectivity index (χ3v) is 2.49. The summed E-state index contributed by atoms with van der Waals surface area (Å²) >= 11 is 1.46. The molecule has 60 valence electrons. The zero-order chi connectivity index (χ0) is 8.39. The van der Waals surface area contributed by atoms with Crippen LogP contribution in [0.4, 0.5) is 0 Å². The maximum Gasteiger partial charge on any atom is 0.162 e. The van der Waals surface area contributed by atoms with Crippen LogP contribution in [0.2, 0.25) is 0 Å². The Morgan fingerprint density at radius 2 is 2.08 bits per heavy atom. The average molecular weight is 177 g/mol. The Morgan fingerprint density at radius 3 is 2.75 bits per heavy atom. The number of carbonyl (C=O) groups is 1. The minimum Gasteiger partial charge on any atom is -0.322 e. The molecule has 2 aromatic heterocycles. The van der Waals surface area contributed by atoms with E-state index in [1.165, 1.54) is 11.3 Å². The SMILES string of the molecule is O=Cc1sccc1-n1cccc1. The minimum atomic E-state index is 0.770. The quantitative estimate of drug-likeness (QED) is 0.645. The van der Waals surface area contributed by atoms with Crippen molar-refractivity contribution in [2.45, 2.75) is 0 Å². The molecule has 0 atom stereocenters. The van der Waals surface area contributed by atoms with Crippen LogP contribution >= 0.6 is 11.3 Å². The third kappa shape index (κ3) is 1.08. The van der Waals surface area contributed by atoms with Crippen LogP contribution in [0.15, 0.2) is 36.0 Å². The number of nitrogens with zero attached hydrogens (tertiary/aromatic N) is 1. The fourth-order valence-electron chi connectivity index (χ4n) is 1.11. The number of hydrogen-bond acceptors (Lipinski definition) is 2. The molecule has 2 rings (SSSR count). The number of rotatable bonds is 2. The molecule has 0 unspecified atom stereocenters. The summed E-state index contributed by atoms with van der Waals surface area (Å²) in [6, 6.07) is 5.81. The maximum atomic E-state index is 10.6. The predicted octanol–water partition coefficient (Wildman–Crippen LogP) is 2.35. The van der Waals surface area contributed by atoms with Crippen LogP contribution in [-0.4, -0.2) is 10.9 Å². The molecule has 2 nitrogen and oxygen atoms in total. The van der Waals surface area contributed by atoms with Crippen molar-refractivity contribution in [2.24, 2.45) is 0 Å². The van der Waals surface area contributed by atoms with E-state index in [0.717, 1.165) is 16.9 Å². The topological polar surface area (TPSA) is 22.0 Å². The van der Waals surface area contributed by atoms with Crippen molar-refractivity contribution in [3.8, 4) is 5.69 Å². The third-order valence-electron chi connectivity index (χ3n) is 1.66. The second-order valence-electron chi connectivity index (χ2n) is 2.38. The highest BCUT2D eigenvalue weighted by Gasteiger charge is 2.02. The second kappa shape index (κ2) is 2.95. The van der Waals surface area contributed by atoms with Gasteiger partial charge in [-0.15, -0.1) is 11.3 Å². The summed E-state index contributed by atoms with van der Waals surface area (Å²) < 4.78 is 1.93. The van der Waals surface area contributed by atoms with Gasteiger partial charge in [0.15, 0.2) is 6.29 Å². The van der Waals surface area contributed by atoms with Gasteiger partial charge in [0.2, 0.25) is 0 Å². The first-order valence-electron chi connectivity index (χ1n) is 3.58. The van der Waals surface area contributed by atoms with E-state index >= 15 is 0 Å². The second-order valence-corrected chi connectivity index (χ2v) is 3.33. The molecule has 0 aliphatic carbocycles. The first kappa shape index (κ1) is 7.31. The minimum absolute atomic E-state index is 0.770. The van der Waals surface area contributed by atoms with E-state index in [4.69, 9.17) is 0 Å². The molecule has 0 spiro atoms. The van der Waals surface area contributed by atoms with Crippen molar-refractivity contribution in [3.05, 3.63) is 40.8 Å². The molecule has 0 N–H and O–H groups in total. The van der Waals surface area contributed by atoms with Gasteiger partial charge >= 0.3 is 0 Å². The fraction of sp³-hybridized carbons (Fsp3) is 0. The zero-order valence-electron chi connectivity index (χ0n) is 6.31. The zero-order valence-corrected chi connectivity index (χ0v) is 7.12. The molecule has 0 aliphatic rings. The van der Waals surface area contributed by atoms with E-state index in [-0.39, 0.29) is 0 Å². The fourth-order valence-corrected chi connectivity index (χ4v) is 1.80. The van der Waals surface area contributed by atoms with Crippen LogP contribution < -0.4 is 0 Å². The molecule has 0 aromatic carbocycles. The molecule has 0 saturated heterocycles. The van der Waals surface area contributed by atoms with Crippen LogP contribution in [0, 0.1) is 0 Å². The summed E-state index contributed by atoms with van der Waals surface area (Å²) in [7, 11) is 0. The van der Waals surface area contributed by atoms with E-state index in [1.54, 1.807) is 0 Å². The summed E-state index contributed by atoms with van der Waals surface area (Å²) in [6.07, 6.45) is 4.74. The van der Waals surface area contributed by atoms with E-state index in [2.05, 4.69) is 0 Å². The van der Waals surface area contributed by atoms with E-state index in [9.17, 15) is 4.79 Å². The van der Waals surface area contributed by atoms with E-state index in [1.807, 2.05) is 40.5 Å². The van der Waals surface area contributed by atoms with Crippen LogP contribution in [0.25, 0.3) is 5.69 Å². The van der Waals surface area contributed by atoms with Crippen LogP contribution in [0.3, 0.4) is 0 Å². The average Bonchev–Trinajstić information content (AvgIpc) is 2.74. The van der Waals surface area contributed by atoms with Gasteiger partial charge in [-0.1, -0.05) is 0 Å². The largest absolute Gasteiger partial charge is 0.322 e. The van der Waals surface area contributed by atoms with Crippen molar-refractivity contribution < 1.29 is 4.79 Å². The van der Waals surface area contributed by atoms with Gasteiger partial charge in [0, 0.05) is 12.4 Å². The Labute approximate surface area is 74.1 Å². The lowest BCUT2D eigenvalue weighted by atomic mass is 10.4.